The zero-order chi connectivity index (χ0) is 14.0. The van der Waals surface area contributed by atoms with Gasteiger partial charge in [-0.15, -0.1) is 0 Å². The predicted octanol–water partition coefficient (Wildman–Crippen LogP) is 0.707. The van der Waals surface area contributed by atoms with Crippen molar-refractivity contribution in [3.05, 3.63) is 11.6 Å². The summed E-state index contributed by atoms with van der Waals surface area (Å²) in [5, 5.41) is 10.2. The first kappa shape index (κ1) is 14.0. The van der Waals surface area contributed by atoms with E-state index < -0.39 is 0 Å². The lowest BCUT2D eigenvalue weighted by molar-refractivity contribution is -0.143. The summed E-state index contributed by atoms with van der Waals surface area (Å²) in [6, 6.07) is 0. The van der Waals surface area contributed by atoms with Crippen molar-refractivity contribution in [2.24, 2.45) is 11.3 Å². The van der Waals surface area contributed by atoms with Crippen LogP contribution in [0.1, 0.15) is 31.9 Å². The molecular weight excluding hydrogens is 242 g/mol. The molecule has 0 spiro atoms. The summed E-state index contributed by atoms with van der Waals surface area (Å²) in [5.41, 5.74) is -0.278. The van der Waals surface area contributed by atoms with Crippen molar-refractivity contribution in [1.82, 2.24) is 25.4 Å². The van der Waals surface area contributed by atoms with Gasteiger partial charge < -0.3 is 10.2 Å². The molecule has 2 rings (SSSR count). The van der Waals surface area contributed by atoms with Gasteiger partial charge in [-0.25, -0.2) is 4.98 Å². The van der Waals surface area contributed by atoms with E-state index in [9.17, 15) is 4.79 Å². The van der Waals surface area contributed by atoms with Crippen LogP contribution >= 0.6 is 0 Å². The van der Waals surface area contributed by atoms with E-state index in [1.54, 1.807) is 4.90 Å². The normalized spacial score (nSPS) is 23.0. The number of aromatic nitrogens is 3. The molecule has 0 radical (unpaired) electrons. The zero-order valence-electron chi connectivity index (χ0n) is 12.2. The summed E-state index contributed by atoms with van der Waals surface area (Å²) in [5.74, 6) is 1.96. The smallest absolute Gasteiger partial charge is 0.230 e. The molecule has 1 fully saturated rings. The summed E-state index contributed by atoms with van der Waals surface area (Å²) in [6.45, 7) is 8.23. The Morgan fingerprint density at radius 2 is 2.26 bits per heavy atom. The number of H-pyrrole nitrogens is 1. The Morgan fingerprint density at radius 1 is 1.53 bits per heavy atom. The van der Waals surface area contributed by atoms with Crippen molar-refractivity contribution in [3.8, 4) is 0 Å². The van der Waals surface area contributed by atoms with Crippen LogP contribution in [-0.4, -0.2) is 46.1 Å². The Labute approximate surface area is 114 Å². The van der Waals surface area contributed by atoms with Crippen molar-refractivity contribution in [2.45, 2.75) is 33.7 Å². The molecule has 1 amide bonds. The first-order valence-corrected chi connectivity index (χ1v) is 6.80. The van der Waals surface area contributed by atoms with Gasteiger partial charge in [0.1, 0.15) is 5.82 Å². The quantitative estimate of drug-likeness (QED) is 0.841. The summed E-state index contributed by atoms with van der Waals surface area (Å²) >= 11 is 0. The highest BCUT2D eigenvalue weighted by atomic mass is 16.2. The highest BCUT2D eigenvalue weighted by Gasteiger charge is 2.45. The van der Waals surface area contributed by atoms with E-state index in [4.69, 9.17) is 0 Å². The lowest BCUT2D eigenvalue weighted by Crippen LogP contribution is -2.46. The van der Waals surface area contributed by atoms with Crippen molar-refractivity contribution < 1.29 is 4.79 Å². The van der Waals surface area contributed by atoms with Gasteiger partial charge in [0.05, 0.1) is 12.0 Å². The molecule has 6 nitrogen and oxygen atoms in total. The largest absolute Gasteiger partial charge is 0.338 e. The minimum Gasteiger partial charge on any atom is -0.338 e. The van der Waals surface area contributed by atoms with Crippen LogP contribution in [-0.2, 0) is 11.3 Å². The molecule has 1 aromatic heterocycles. The van der Waals surface area contributed by atoms with E-state index in [0.717, 1.165) is 25.3 Å². The minimum absolute atomic E-state index is 0.190. The molecule has 19 heavy (non-hydrogen) atoms. The fraction of sp³-hybridized carbons (Fsp3) is 0.769. The number of carbonyl (C=O) groups excluding carboxylic acids is 1. The fourth-order valence-electron chi connectivity index (χ4n) is 2.76. The Bertz CT molecular complexity index is 448. The van der Waals surface area contributed by atoms with Gasteiger partial charge in [0.2, 0.25) is 5.91 Å². The van der Waals surface area contributed by atoms with Crippen LogP contribution in [0.15, 0.2) is 0 Å². The second kappa shape index (κ2) is 5.28. The van der Waals surface area contributed by atoms with Crippen LogP contribution < -0.4 is 5.32 Å². The molecule has 106 valence electrons. The molecule has 0 aliphatic carbocycles. The molecule has 2 heterocycles. The third-order valence-corrected chi connectivity index (χ3v) is 4.09. The maximum Gasteiger partial charge on any atom is 0.230 e. The average Bonchev–Trinajstić information content (AvgIpc) is 2.98. The number of hydrogen-bond acceptors (Lipinski definition) is 4. The molecule has 1 unspecified atom stereocenters. The maximum absolute atomic E-state index is 12.7. The second-order valence-corrected chi connectivity index (χ2v) is 5.74. The molecule has 1 aliphatic rings. The first-order chi connectivity index (χ1) is 8.95. The van der Waals surface area contributed by atoms with E-state index >= 15 is 0 Å². The van der Waals surface area contributed by atoms with Crippen LogP contribution in [0.2, 0.25) is 0 Å². The number of carbonyl (C=O) groups is 1. The van der Waals surface area contributed by atoms with E-state index in [2.05, 4.69) is 34.3 Å². The van der Waals surface area contributed by atoms with Gasteiger partial charge in [-0.05, 0) is 25.8 Å². The maximum atomic E-state index is 12.7. The van der Waals surface area contributed by atoms with E-state index in [1.165, 1.54) is 0 Å². The molecule has 6 heteroatoms. The SMILES string of the molecule is Cc1nc(CN(C)C(=O)C2(C(C)C)CCNC2)n[nH]1. The van der Waals surface area contributed by atoms with Crippen LogP contribution in [0.4, 0.5) is 0 Å². The lowest BCUT2D eigenvalue weighted by Gasteiger charge is -2.34. The standard InChI is InChI=1S/C13H23N5O/c1-9(2)13(5-6-14-8-13)12(19)18(4)7-11-15-10(3)16-17-11/h9,14H,5-8H2,1-4H3,(H,15,16,17). The number of amides is 1. The van der Waals surface area contributed by atoms with Crippen molar-refractivity contribution >= 4 is 5.91 Å². The minimum atomic E-state index is -0.278. The van der Waals surface area contributed by atoms with Crippen molar-refractivity contribution in [1.29, 1.82) is 0 Å². The summed E-state index contributed by atoms with van der Waals surface area (Å²) in [7, 11) is 1.83. The monoisotopic (exact) mass is 265 g/mol. The summed E-state index contributed by atoms with van der Waals surface area (Å²) in [4.78, 5) is 18.7. The number of hydrogen-bond donors (Lipinski definition) is 2. The average molecular weight is 265 g/mol. The first-order valence-electron chi connectivity index (χ1n) is 6.80. The Balaban J connectivity index is 2.09. The van der Waals surface area contributed by atoms with Gasteiger partial charge in [0.25, 0.3) is 0 Å². The Kier molecular flexibility index (Phi) is 3.89. The highest BCUT2D eigenvalue weighted by Crippen LogP contribution is 2.36. The van der Waals surface area contributed by atoms with Gasteiger partial charge in [0.15, 0.2) is 5.82 Å². The molecule has 0 saturated carbocycles. The van der Waals surface area contributed by atoms with E-state index in [-0.39, 0.29) is 11.3 Å². The summed E-state index contributed by atoms with van der Waals surface area (Å²) in [6.07, 6.45) is 0.904. The molecule has 1 aliphatic heterocycles. The molecule has 1 atom stereocenters. The van der Waals surface area contributed by atoms with Gasteiger partial charge in [-0.2, -0.15) is 5.10 Å². The zero-order valence-corrected chi connectivity index (χ0v) is 12.2. The number of nitrogens with zero attached hydrogens (tertiary/aromatic N) is 3. The van der Waals surface area contributed by atoms with Gasteiger partial charge in [-0.3, -0.25) is 9.89 Å². The number of aryl methyl sites for hydroxylation is 1. The van der Waals surface area contributed by atoms with Gasteiger partial charge >= 0.3 is 0 Å². The molecule has 0 bridgehead atoms. The predicted molar refractivity (Wildman–Crippen MR) is 72.4 cm³/mol. The van der Waals surface area contributed by atoms with Crippen molar-refractivity contribution in [3.63, 3.8) is 0 Å². The van der Waals surface area contributed by atoms with Crippen LogP contribution in [0.5, 0.6) is 0 Å². The number of nitrogens with one attached hydrogen (secondary N) is 2. The highest BCUT2D eigenvalue weighted by molar-refractivity contribution is 5.83. The molecule has 0 aromatic carbocycles. The fourth-order valence-corrected chi connectivity index (χ4v) is 2.76. The van der Waals surface area contributed by atoms with Crippen LogP contribution in [0, 0.1) is 18.3 Å². The lowest BCUT2D eigenvalue weighted by atomic mass is 9.75. The molecular formula is C13H23N5O. The number of rotatable bonds is 4. The van der Waals surface area contributed by atoms with Gasteiger partial charge in [0, 0.05) is 13.6 Å². The number of aromatic amines is 1. The van der Waals surface area contributed by atoms with E-state index in [0.29, 0.717) is 18.3 Å². The molecule has 1 aromatic rings. The topological polar surface area (TPSA) is 73.9 Å². The molecule has 1 saturated heterocycles. The van der Waals surface area contributed by atoms with E-state index in [1.807, 2.05) is 14.0 Å². The summed E-state index contributed by atoms with van der Waals surface area (Å²) < 4.78 is 0. The third-order valence-electron chi connectivity index (χ3n) is 4.09. The van der Waals surface area contributed by atoms with Crippen LogP contribution in [0.3, 0.4) is 0 Å². The Morgan fingerprint density at radius 3 is 2.74 bits per heavy atom. The van der Waals surface area contributed by atoms with Gasteiger partial charge in [-0.1, -0.05) is 13.8 Å². The third kappa shape index (κ3) is 2.63. The van der Waals surface area contributed by atoms with Crippen LogP contribution in [0.25, 0.3) is 0 Å². The molecule has 2 N–H and O–H groups in total. The Hall–Kier alpha value is -1.43. The second-order valence-electron chi connectivity index (χ2n) is 5.74. The van der Waals surface area contributed by atoms with Crippen molar-refractivity contribution in [2.75, 3.05) is 20.1 Å².